The lowest BCUT2D eigenvalue weighted by Crippen LogP contribution is -2.22. The van der Waals surface area contributed by atoms with E-state index in [0.717, 1.165) is 30.0 Å². The number of aromatic nitrogens is 3. The second-order valence-electron chi connectivity index (χ2n) is 4.30. The molecule has 3 rings (SSSR count). The zero-order chi connectivity index (χ0) is 12.5. The highest BCUT2D eigenvalue weighted by atomic mass is 35.5. The zero-order valence-electron chi connectivity index (χ0n) is 9.98. The maximum absolute atomic E-state index is 5.89. The second-order valence-corrected chi connectivity index (χ2v) is 5.96. The molecule has 2 aromatic heterocycles. The topological polar surface area (TPSA) is 50.7 Å². The van der Waals surface area contributed by atoms with Gasteiger partial charge in [-0.2, -0.15) is 0 Å². The molecule has 0 saturated heterocycles. The van der Waals surface area contributed by atoms with Gasteiger partial charge < -0.3 is 5.32 Å². The summed E-state index contributed by atoms with van der Waals surface area (Å²) in [5, 5.41) is 4.10. The molecule has 6 heteroatoms. The molecule has 18 heavy (non-hydrogen) atoms. The van der Waals surface area contributed by atoms with E-state index in [9.17, 15) is 0 Å². The molecule has 0 spiro atoms. The molecule has 2 aromatic rings. The number of halogens is 1. The predicted octanol–water partition coefficient (Wildman–Crippen LogP) is 2.85. The van der Waals surface area contributed by atoms with Crippen molar-refractivity contribution < 1.29 is 0 Å². The van der Waals surface area contributed by atoms with Crippen LogP contribution in [0.5, 0.6) is 0 Å². The largest absolute Gasteiger partial charge is 0.313 e. The van der Waals surface area contributed by atoms with Crippen LogP contribution >= 0.6 is 22.9 Å². The van der Waals surface area contributed by atoms with Crippen molar-refractivity contribution in [1.29, 1.82) is 0 Å². The first-order valence-electron chi connectivity index (χ1n) is 5.92. The number of fused-ring (bicyclic) bond motifs is 1. The van der Waals surface area contributed by atoms with Gasteiger partial charge in [0.05, 0.1) is 6.20 Å². The average Bonchev–Trinajstić information content (AvgIpc) is 2.84. The molecule has 0 fully saturated rings. The van der Waals surface area contributed by atoms with Crippen molar-refractivity contribution in [2.24, 2.45) is 0 Å². The Morgan fingerprint density at radius 3 is 3.00 bits per heavy atom. The molecule has 0 bridgehead atoms. The van der Waals surface area contributed by atoms with Crippen molar-refractivity contribution in [3.05, 3.63) is 28.0 Å². The highest BCUT2D eigenvalue weighted by molar-refractivity contribution is 7.18. The minimum Gasteiger partial charge on any atom is -0.313 e. The Morgan fingerprint density at radius 1 is 1.39 bits per heavy atom. The van der Waals surface area contributed by atoms with E-state index in [-0.39, 0.29) is 0 Å². The standard InChI is InChI=1S/C12H13ClN4S/c1-14-8-3-2-4-9-7(8)5-15-11(17-9)12-16-6-10(13)18-12/h5-6,8,14H,2-4H2,1H3. The van der Waals surface area contributed by atoms with Gasteiger partial charge in [0.1, 0.15) is 4.34 Å². The molecule has 0 radical (unpaired) electrons. The van der Waals surface area contributed by atoms with E-state index in [0.29, 0.717) is 16.2 Å². The predicted molar refractivity (Wildman–Crippen MR) is 72.9 cm³/mol. The van der Waals surface area contributed by atoms with Crippen molar-refractivity contribution in [3.8, 4) is 10.8 Å². The molecule has 0 amide bonds. The molecule has 94 valence electrons. The summed E-state index contributed by atoms with van der Waals surface area (Å²) in [4.78, 5) is 13.3. The summed E-state index contributed by atoms with van der Waals surface area (Å²) in [5.41, 5.74) is 2.35. The third kappa shape index (κ3) is 2.13. The Labute approximate surface area is 114 Å². The highest BCUT2D eigenvalue weighted by Gasteiger charge is 2.21. The van der Waals surface area contributed by atoms with Crippen LogP contribution in [0, 0.1) is 0 Å². The van der Waals surface area contributed by atoms with E-state index in [1.165, 1.54) is 16.9 Å². The van der Waals surface area contributed by atoms with Crippen LogP contribution in [0.1, 0.15) is 30.1 Å². The molecule has 1 N–H and O–H groups in total. The van der Waals surface area contributed by atoms with Gasteiger partial charge in [-0.05, 0) is 26.3 Å². The summed E-state index contributed by atoms with van der Waals surface area (Å²) in [5.74, 6) is 0.683. The highest BCUT2D eigenvalue weighted by Crippen LogP contribution is 2.31. The summed E-state index contributed by atoms with van der Waals surface area (Å²) >= 11 is 7.30. The Hall–Kier alpha value is -1.04. The summed E-state index contributed by atoms with van der Waals surface area (Å²) in [6.07, 6.45) is 6.89. The van der Waals surface area contributed by atoms with Crippen LogP contribution in [0.15, 0.2) is 12.4 Å². The molecule has 2 heterocycles. The van der Waals surface area contributed by atoms with Gasteiger partial charge in [-0.1, -0.05) is 22.9 Å². The third-order valence-corrected chi connectivity index (χ3v) is 4.31. The van der Waals surface area contributed by atoms with E-state index in [1.54, 1.807) is 6.20 Å². The Bertz CT molecular complexity index is 569. The number of hydrogen-bond donors (Lipinski definition) is 1. The number of thiazole rings is 1. The van der Waals surface area contributed by atoms with E-state index in [1.807, 2.05) is 13.2 Å². The number of hydrogen-bond acceptors (Lipinski definition) is 5. The van der Waals surface area contributed by atoms with Gasteiger partial charge in [-0.3, -0.25) is 0 Å². The molecule has 0 aliphatic heterocycles. The van der Waals surface area contributed by atoms with Gasteiger partial charge >= 0.3 is 0 Å². The minimum absolute atomic E-state index is 0.377. The van der Waals surface area contributed by atoms with Gasteiger partial charge in [0.2, 0.25) is 0 Å². The van der Waals surface area contributed by atoms with Crippen LogP contribution in [0.25, 0.3) is 10.8 Å². The number of rotatable bonds is 2. The van der Waals surface area contributed by atoms with Crippen molar-refractivity contribution in [2.45, 2.75) is 25.3 Å². The van der Waals surface area contributed by atoms with Crippen molar-refractivity contribution in [1.82, 2.24) is 20.3 Å². The van der Waals surface area contributed by atoms with Gasteiger partial charge in [0, 0.05) is 23.5 Å². The lowest BCUT2D eigenvalue weighted by atomic mass is 9.92. The monoisotopic (exact) mass is 280 g/mol. The molecular formula is C12H13ClN4S. The molecule has 0 aromatic carbocycles. The first-order valence-corrected chi connectivity index (χ1v) is 7.12. The molecule has 4 nitrogen and oxygen atoms in total. The molecule has 1 atom stereocenters. The number of nitrogens with one attached hydrogen (secondary N) is 1. The van der Waals surface area contributed by atoms with Crippen molar-refractivity contribution in [3.63, 3.8) is 0 Å². The normalized spacial score (nSPS) is 18.7. The van der Waals surface area contributed by atoms with Crippen LogP contribution in [0.4, 0.5) is 0 Å². The lowest BCUT2D eigenvalue weighted by molar-refractivity contribution is 0.488. The number of aryl methyl sites for hydroxylation is 1. The lowest BCUT2D eigenvalue weighted by Gasteiger charge is -2.23. The third-order valence-electron chi connectivity index (χ3n) is 3.20. The fraction of sp³-hybridized carbons (Fsp3) is 0.417. The average molecular weight is 281 g/mol. The van der Waals surface area contributed by atoms with Gasteiger partial charge in [-0.15, -0.1) is 0 Å². The van der Waals surface area contributed by atoms with E-state index < -0.39 is 0 Å². The molecule has 0 saturated carbocycles. The maximum atomic E-state index is 5.89. The minimum atomic E-state index is 0.377. The van der Waals surface area contributed by atoms with Crippen LogP contribution in [-0.4, -0.2) is 22.0 Å². The quantitative estimate of drug-likeness (QED) is 0.919. The molecule has 1 unspecified atom stereocenters. The van der Waals surface area contributed by atoms with Crippen LogP contribution in [0.2, 0.25) is 4.34 Å². The van der Waals surface area contributed by atoms with E-state index in [4.69, 9.17) is 11.6 Å². The fourth-order valence-corrected chi connectivity index (χ4v) is 3.16. The van der Waals surface area contributed by atoms with Crippen LogP contribution < -0.4 is 5.32 Å². The number of nitrogens with zero attached hydrogens (tertiary/aromatic N) is 3. The van der Waals surface area contributed by atoms with Crippen molar-refractivity contribution >= 4 is 22.9 Å². The summed E-state index contributed by atoms with van der Waals surface area (Å²) in [6.45, 7) is 0. The smallest absolute Gasteiger partial charge is 0.188 e. The summed E-state index contributed by atoms with van der Waals surface area (Å²) in [6, 6.07) is 0.377. The van der Waals surface area contributed by atoms with E-state index in [2.05, 4.69) is 20.3 Å². The van der Waals surface area contributed by atoms with Crippen molar-refractivity contribution in [2.75, 3.05) is 7.05 Å². The zero-order valence-corrected chi connectivity index (χ0v) is 11.6. The van der Waals surface area contributed by atoms with Crippen LogP contribution in [-0.2, 0) is 6.42 Å². The molecule has 1 aliphatic rings. The van der Waals surface area contributed by atoms with Crippen LogP contribution in [0.3, 0.4) is 0 Å². The van der Waals surface area contributed by atoms with Gasteiger partial charge in [0.25, 0.3) is 0 Å². The first-order chi connectivity index (χ1) is 8.78. The summed E-state index contributed by atoms with van der Waals surface area (Å²) < 4.78 is 0.666. The summed E-state index contributed by atoms with van der Waals surface area (Å²) in [7, 11) is 1.98. The Kier molecular flexibility index (Phi) is 3.28. The molecule has 1 aliphatic carbocycles. The fourth-order valence-electron chi connectivity index (χ4n) is 2.31. The van der Waals surface area contributed by atoms with E-state index >= 15 is 0 Å². The Morgan fingerprint density at radius 2 is 2.28 bits per heavy atom. The second kappa shape index (κ2) is 4.91. The van der Waals surface area contributed by atoms with Gasteiger partial charge in [0.15, 0.2) is 10.8 Å². The SMILES string of the molecule is CNC1CCCc2nc(-c3ncc(Cl)s3)ncc21. The molecular weight excluding hydrogens is 268 g/mol. The first kappa shape index (κ1) is 12.0. The maximum Gasteiger partial charge on any atom is 0.188 e. The Balaban J connectivity index is 2.00. The van der Waals surface area contributed by atoms with Gasteiger partial charge in [-0.25, -0.2) is 15.0 Å².